The van der Waals surface area contributed by atoms with Crippen LogP contribution in [0.25, 0.3) is 0 Å². The molecule has 4 nitrogen and oxygen atoms in total. The average molecular weight is 220 g/mol. The lowest BCUT2D eigenvalue weighted by molar-refractivity contribution is 0.661. The molecular formula is C10H12N4S. The smallest absolute Gasteiger partial charge is 0.0970 e. The minimum absolute atomic E-state index is 0.0810. The minimum atomic E-state index is 0.0810. The van der Waals surface area contributed by atoms with Crippen LogP contribution in [0.15, 0.2) is 23.8 Å². The highest BCUT2D eigenvalue weighted by molar-refractivity contribution is 7.03. The number of pyridine rings is 1. The van der Waals surface area contributed by atoms with Crippen molar-refractivity contribution in [1.29, 1.82) is 0 Å². The lowest BCUT2D eigenvalue weighted by Crippen LogP contribution is -2.19. The predicted octanol–water partition coefficient (Wildman–Crippen LogP) is 1.55. The zero-order valence-electron chi connectivity index (χ0n) is 8.64. The molecule has 0 radical (unpaired) electrons. The second-order valence-electron chi connectivity index (χ2n) is 3.28. The van der Waals surface area contributed by atoms with Gasteiger partial charge in [0.2, 0.25) is 0 Å². The van der Waals surface area contributed by atoms with E-state index in [1.165, 1.54) is 17.1 Å². The van der Waals surface area contributed by atoms with E-state index >= 15 is 0 Å². The van der Waals surface area contributed by atoms with Gasteiger partial charge < -0.3 is 5.32 Å². The summed E-state index contributed by atoms with van der Waals surface area (Å²) in [5, 5.41) is 9.26. The Bertz CT molecular complexity index is 427. The standard InChI is InChI=1S/C10H12N4S/c1-7-3-4-12-5-8(7)10(11-2)9-6-15-14-13-9/h3-6,10-11H,1-2H3. The molecule has 0 aliphatic heterocycles. The van der Waals surface area contributed by atoms with Crippen molar-refractivity contribution >= 4 is 11.5 Å². The number of nitrogens with zero attached hydrogens (tertiary/aromatic N) is 3. The number of aromatic nitrogens is 3. The maximum Gasteiger partial charge on any atom is 0.0970 e. The molecule has 2 aromatic heterocycles. The van der Waals surface area contributed by atoms with Crippen LogP contribution < -0.4 is 5.32 Å². The second kappa shape index (κ2) is 4.46. The highest BCUT2D eigenvalue weighted by atomic mass is 32.1. The van der Waals surface area contributed by atoms with Crippen LogP contribution in [0, 0.1) is 6.92 Å². The third-order valence-corrected chi connectivity index (χ3v) is 2.87. The molecule has 2 heterocycles. The molecule has 1 atom stereocenters. The van der Waals surface area contributed by atoms with Gasteiger partial charge in [0.25, 0.3) is 0 Å². The van der Waals surface area contributed by atoms with Crippen LogP contribution in [-0.4, -0.2) is 21.6 Å². The van der Waals surface area contributed by atoms with Crippen molar-refractivity contribution in [3.8, 4) is 0 Å². The maximum atomic E-state index is 4.14. The molecule has 0 aliphatic rings. The normalized spacial score (nSPS) is 12.7. The van der Waals surface area contributed by atoms with Crippen molar-refractivity contribution < 1.29 is 0 Å². The van der Waals surface area contributed by atoms with Gasteiger partial charge in [-0.2, -0.15) is 0 Å². The molecule has 0 aliphatic carbocycles. The molecule has 0 bridgehead atoms. The quantitative estimate of drug-likeness (QED) is 0.852. The van der Waals surface area contributed by atoms with E-state index in [4.69, 9.17) is 0 Å². The summed E-state index contributed by atoms with van der Waals surface area (Å²) in [6, 6.07) is 2.08. The zero-order chi connectivity index (χ0) is 10.7. The van der Waals surface area contributed by atoms with Crippen LogP contribution >= 0.6 is 11.5 Å². The summed E-state index contributed by atoms with van der Waals surface area (Å²) in [4.78, 5) is 4.14. The maximum absolute atomic E-state index is 4.14. The van der Waals surface area contributed by atoms with Crippen LogP contribution in [0.3, 0.4) is 0 Å². The van der Waals surface area contributed by atoms with E-state index < -0.39 is 0 Å². The van der Waals surface area contributed by atoms with E-state index in [9.17, 15) is 0 Å². The molecule has 0 aromatic carbocycles. The first-order valence-corrected chi connectivity index (χ1v) is 5.51. The topological polar surface area (TPSA) is 50.7 Å². The molecule has 15 heavy (non-hydrogen) atoms. The van der Waals surface area contributed by atoms with Crippen molar-refractivity contribution in [2.45, 2.75) is 13.0 Å². The van der Waals surface area contributed by atoms with Gasteiger partial charge in [-0.05, 0) is 42.7 Å². The highest BCUT2D eigenvalue weighted by Gasteiger charge is 2.16. The summed E-state index contributed by atoms with van der Waals surface area (Å²) >= 11 is 1.36. The van der Waals surface area contributed by atoms with E-state index in [0.29, 0.717) is 0 Å². The van der Waals surface area contributed by atoms with Gasteiger partial charge in [-0.25, -0.2) is 0 Å². The van der Waals surface area contributed by atoms with Crippen molar-refractivity contribution in [2.75, 3.05) is 7.05 Å². The van der Waals surface area contributed by atoms with Gasteiger partial charge >= 0.3 is 0 Å². The molecular weight excluding hydrogens is 208 g/mol. The summed E-state index contributed by atoms with van der Waals surface area (Å²) in [6.07, 6.45) is 3.67. The van der Waals surface area contributed by atoms with Crippen molar-refractivity contribution in [1.82, 2.24) is 19.9 Å². The van der Waals surface area contributed by atoms with E-state index in [0.717, 1.165) is 11.3 Å². The first-order valence-electron chi connectivity index (χ1n) is 4.67. The monoisotopic (exact) mass is 220 g/mol. The molecule has 5 heteroatoms. The van der Waals surface area contributed by atoms with Gasteiger partial charge in [-0.3, -0.25) is 4.98 Å². The third-order valence-electron chi connectivity index (χ3n) is 2.35. The summed E-state index contributed by atoms with van der Waals surface area (Å²) in [7, 11) is 1.91. The van der Waals surface area contributed by atoms with Crippen molar-refractivity contribution in [2.24, 2.45) is 0 Å². The predicted molar refractivity (Wildman–Crippen MR) is 59.8 cm³/mol. The van der Waals surface area contributed by atoms with Crippen molar-refractivity contribution in [3.63, 3.8) is 0 Å². The number of aryl methyl sites for hydroxylation is 1. The first-order chi connectivity index (χ1) is 7.33. The fraction of sp³-hybridized carbons (Fsp3) is 0.300. The molecule has 78 valence electrons. The SMILES string of the molecule is CNC(c1csnn1)c1cnccc1C. The lowest BCUT2D eigenvalue weighted by atomic mass is 10.0. The Morgan fingerprint density at radius 3 is 2.93 bits per heavy atom. The molecule has 1 unspecified atom stereocenters. The lowest BCUT2D eigenvalue weighted by Gasteiger charge is -2.15. The zero-order valence-corrected chi connectivity index (χ0v) is 9.45. The van der Waals surface area contributed by atoms with Crippen molar-refractivity contribution in [3.05, 3.63) is 40.7 Å². The van der Waals surface area contributed by atoms with Crippen LogP contribution in [0.2, 0.25) is 0 Å². The van der Waals surface area contributed by atoms with E-state index in [1.807, 2.05) is 24.7 Å². The molecule has 2 aromatic rings. The Morgan fingerprint density at radius 2 is 2.33 bits per heavy atom. The fourth-order valence-electron chi connectivity index (χ4n) is 1.54. The number of hydrogen-bond acceptors (Lipinski definition) is 5. The number of rotatable bonds is 3. The Balaban J connectivity index is 2.40. The van der Waals surface area contributed by atoms with Gasteiger partial charge in [0, 0.05) is 17.8 Å². The summed E-state index contributed by atoms with van der Waals surface area (Å²) in [6.45, 7) is 2.07. The highest BCUT2D eigenvalue weighted by Crippen LogP contribution is 2.22. The molecule has 0 saturated heterocycles. The first kappa shape index (κ1) is 10.2. The molecule has 1 N–H and O–H groups in total. The van der Waals surface area contributed by atoms with Crippen LogP contribution in [0.5, 0.6) is 0 Å². The fourth-order valence-corrected chi connectivity index (χ4v) is 2.02. The van der Waals surface area contributed by atoms with E-state index in [1.54, 1.807) is 6.20 Å². The minimum Gasteiger partial charge on any atom is -0.308 e. The van der Waals surface area contributed by atoms with Gasteiger partial charge in [0.1, 0.15) is 0 Å². The van der Waals surface area contributed by atoms with E-state index in [-0.39, 0.29) is 6.04 Å². The van der Waals surface area contributed by atoms with Gasteiger partial charge in [0.15, 0.2) is 0 Å². The largest absolute Gasteiger partial charge is 0.308 e. The van der Waals surface area contributed by atoms with Gasteiger partial charge in [-0.1, -0.05) is 4.49 Å². The van der Waals surface area contributed by atoms with Crippen LogP contribution in [0.4, 0.5) is 0 Å². The summed E-state index contributed by atoms with van der Waals surface area (Å²) in [5.74, 6) is 0. The summed E-state index contributed by atoms with van der Waals surface area (Å²) in [5.41, 5.74) is 3.30. The Hall–Kier alpha value is -1.33. The number of nitrogens with one attached hydrogen (secondary N) is 1. The van der Waals surface area contributed by atoms with E-state index in [2.05, 4.69) is 26.8 Å². The molecule has 0 fully saturated rings. The van der Waals surface area contributed by atoms with Gasteiger partial charge in [-0.15, -0.1) is 5.10 Å². The number of hydrogen-bond donors (Lipinski definition) is 1. The molecule has 0 amide bonds. The molecule has 0 spiro atoms. The van der Waals surface area contributed by atoms with Crippen LogP contribution in [-0.2, 0) is 0 Å². The average Bonchev–Trinajstić information content (AvgIpc) is 2.75. The van der Waals surface area contributed by atoms with Gasteiger partial charge in [0.05, 0.1) is 11.7 Å². The van der Waals surface area contributed by atoms with Crippen LogP contribution in [0.1, 0.15) is 22.9 Å². The Labute approximate surface area is 92.5 Å². The Kier molecular flexibility index (Phi) is 3.03. The molecule has 2 rings (SSSR count). The third kappa shape index (κ3) is 2.03. The summed E-state index contributed by atoms with van der Waals surface area (Å²) < 4.78 is 3.88. The second-order valence-corrected chi connectivity index (χ2v) is 3.89. The Morgan fingerprint density at radius 1 is 1.47 bits per heavy atom. The molecule has 0 saturated carbocycles.